The van der Waals surface area contributed by atoms with Crippen molar-refractivity contribution in [2.24, 2.45) is 5.73 Å². The molecule has 4 aromatic carbocycles. The van der Waals surface area contributed by atoms with Gasteiger partial charge in [0, 0.05) is 19.5 Å². The van der Waals surface area contributed by atoms with Crippen molar-refractivity contribution in [2.75, 3.05) is 0 Å². The predicted octanol–water partition coefficient (Wildman–Crippen LogP) is 7.56. The molecule has 40 heavy (non-hydrogen) atoms. The van der Waals surface area contributed by atoms with Gasteiger partial charge in [0.05, 0.1) is 17.0 Å². The summed E-state index contributed by atoms with van der Waals surface area (Å²) in [4.78, 5) is 0.251. The molecule has 4 rings (SSSR count). The molecule has 0 saturated heterocycles. The Bertz CT molecular complexity index is 1410. The Hall–Kier alpha value is -2.63. The van der Waals surface area contributed by atoms with Gasteiger partial charge in [-0.3, -0.25) is 0 Å². The van der Waals surface area contributed by atoms with Gasteiger partial charge in [-0.2, -0.15) is 0 Å². The maximum atomic E-state index is 13.1. The van der Waals surface area contributed by atoms with Gasteiger partial charge in [0.15, 0.2) is 0 Å². The average molecular weight is 644 g/mol. The smallest absolute Gasteiger partial charge is 0.241 e. The Morgan fingerprint density at radius 3 is 1.30 bits per heavy atom. The van der Waals surface area contributed by atoms with Gasteiger partial charge < -0.3 is 5.73 Å². The van der Waals surface area contributed by atoms with Crippen molar-refractivity contribution in [3.63, 3.8) is 0 Å². The Labute approximate surface area is 254 Å². The second-order valence-electron chi connectivity index (χ2n) is 10.5. The minimum Gasteiger partial charge on any atom is -0.322 e. The Balaban J connectivity index is 0.000000363. The first-order valence-corrected chi connectivity index (χ1v) is 14.8. The number of aryl methyl sites for hydroxylation is 2. The van der Waals surface area contributed by atoms with Crippen LogP contribution in [0.5, 0.6) is 0 Å². The number of benzene rings is 4. The van der Waals surface area contributed by atoms with Crippen LogP contribution in [0.1, 0.15) is 67.7 Å². The van der Waals surface area contributed by atoms with Gasteiger partial charge in [0.1, 0.15) is 0 Å². The van der Waals surface area contributed by atoms with E-state index in [1.54, 1.807) is 12.1 Å². The van der Waals surface area contributed by atoms with E-state index in [0.29, 0.717) is 0 Å². The topological polar surface area (TPSA) is 72.2 Å². The van der Waals surface area contributed by atoms with E-state index in [4.69, 9.17) is 5.73 Å². The molecule has 4 nitrogen and oxygen atoms in total. The monoisotopic (exact) mass is 644 g/mol. The summed E-state index contributed by atoms with van der Waals surface area (Å²) in [6.45, 7) is 17.0. The van der Waals surface area contributed by atoms with E-state index in [0.717, 1.165) is 22.3 Å². The van der Waals surface area contributed by atoms with Gasteiger partial charge in [-0.1, -0.05) is 66.7 Å². The van der Waals surface area contributed by atoms with Crippen LogP contribution in [-0.2, 0) is 29.5 Å². The van der Waals surface area contributed by atoms with Crippen molar-refractivity contribution in [3.8, 4) is 0 Å². The van der Waals surface area contributed by atoms with Crippen LogP contribution in [0.15, 0.2) is 83.8 Å². The molecule has 0 heterocycles. The molecule has 0 saturated carbocycles. The number of hydrogen-bond acceptors (Lipinski definition) is 3. The molecule has 0 unspecified atom stereocenters. The first kappa shape index (κ1) is 33.6. The Morgan fingerprint density at radius 1 is 0.575 bits per heavy atom. The molecule has 214 valence electrons. The number of hydrogen-bond donors (Lipinski definition) is 2. The summed E-state index contributed by atoms with van der Waals surface area (Å²) in [5.41, 5.74) is 18.7. The predicted molar refractivity (Wildman–Crippen MR) is 164 cm³/mol. The average Bonchev–Trinajstić information content (AvgIpc) is 2.93. The van der Waals surface area contributed by atoms with Crippen molar-refractivity contribution in [3.05, 3.63) is 134 Å². The van der Waals surface area contributed by atoms with E-state index in [1.807, 2.05) is 80.6 Å². The molecule has 0 aliphatic heterocycles. The molecule has 0 aromatic heterocycles. The fourth-order valence-corrected chi connectivity index (χ4v) is 6.32. The number of rotatable bonds is 6. The second-order valence-corrected chi connectivity index (χ2v) is 12.2. The van der Waals surface area contributed by atoms with Crippen LogP contribution in [0.3, 0.4) is 0 Å². The van der Waals surface area contributed by atoms with E-state index in [9.17, 15) is 8.42 Å². The van der Waals surface area contributed by atoms with Crippen LogP contribution < -0.4 is 10.5 Å². The standard InChI is InChI=1S/C22H24N2O2S.C12H18.Ru/c1-16-13-17(2)15-20(14-16)27(25,26)24-22(19-11-7-4-8-12-19)21(23)18-9-5-3-6-10-18;1-7-8(2)10(4)12(6)11(5)9(7)3;/h3-15,21-22,24H,23H2,1-2H3;1-6H3;/t21-,22-;;/m0../s1. The van der Waals surface area contributed by atoms with Crippen LogP contribution in [0.25, 0.3) is 0 Å². The number of nitrogens with two attached hydrogens (primary N) is 1. The van der Waals surface area contributed by atoms with E-state index >= 15 is 0 Å². The third-order valence-electron chi connectivity index (χ3n) is 7.86. The zero-order chi connectivity index (χ0) is 28.9. The molecular formula is C34H42N2O2RuS. The number of nitrogens with one attached hydrogen (secondary N) is 1. The van der Waals surface area contributed by atoms with Crippen LogP contribution in [-0.4, -0.2) is 8.42 Å². The summed E-state index contributed by atoms with van der Waals surface area (Å²) < 4.78 is 29.0. The molecule has 2 atom stereocenters. The molecule has 4 aromatic rings. The molecule has 6 heteroatoms. The van der Waals surface area contributed by atoms with Crippen molar-refractivity contribution in [2.45, 2.75) is 72.4 Å². The minimum atomic E-state index is -3.74. The van der Waals surface area contributed by atoms with Crippen molar-refractivity contribution in [1.29, 1.82) is 0 Å². The summed E-state index contributed by atoms with van der Waals surface area (Å²) in [6, 6.07) is 23.1. The summed E-state index contributed by atoms with van der Waals surface area (Å²) in [5, 5.41) is 0. The van der Waals surface area contributed by atoms with Gasteiger partial charge in [-0.15, -0.1) is 0 Å². The SMILES string of the molecule is Cc1c(C)c(C)c(C)c(C)c1C.Cc1cc(C)cc(S(=O)(=O)N[C@@H](c2ccccc2)[C@@H](N)c2ccccc2)c1.[Ru]. The zero-order valence-electron chi connectivity index (χ0n) is 24.8. The van der Waals surface area contributed by atoms with Gasteiger partial charge in [0.2, 0.25) is 10.0 Å². The third kappa shape index (κ3) is 7.98. The van der Waals surface area contributed by atoms with Crippen LogP contribution >= 0.6 is 0 Å². The Kier molecular flexibility index (Phi) is 12.0. The second kappa shape index (κ2) is 14.3. The van der Waals surface area contributed by atoms with Crippen LogP contribution in [0.4, 0.5) is 0 Å². The van der Waals surface area contributed by atoms with E-state index in [1.165, 1.54) is 33.4 Å². The van der Waals surface area contributed by atoms with Crippen LogP contribution in [0.2, 0.25) is 0 Å². The van der Waals surface area contributed by atoms with Crippen molar-refractivity contribution in [1.82, 2.24) is 4.72 Å². The van der Waals surface area contributed by atoms with E-state index in [-0.39, 0.29) is 24.4 Å². The maximum absolute atomic E-state index is 13.1. The molecule has 0 fully saturated rings. The summed E-state index contributed by atoms with van der Waals surface area (Å²) >= 11 is 0. The van der Waals surface area contributed by atoms with Crippen molar-refractivity contribution < 1.29 is 27.9 Å². The molecule has 0 amide bonds. The first-order chi connectivity index (χ1) is 18.3. The van der Waals surface area contributed by atoms with Gasteiger partial charge in [-0.25, -0.2) is 13.1 Å². The van der Waals surface area contributed by atoms with E-state index < -0.39 is 22.1 Å². The van der Waals surface area contributed by atoms with Gasteiger partial charge in [0.25, 0.3) is 0 Å². The molecular weight excluding hydrogens is 602 g/mol. The molecule has 0 spiro atoms. The van der Waals surface area contributed by atoms with Crippen LogP contribution in [0, 0.1) is 55.4 Å². The number of sulfonamides is 1. The largest absolute Gasteiger partial charge is 0.322 e. The normalized spacial score (nSPS) is 12.5. The molecule has 0 radical (unpaired) electrons. The van der Waals surface area contributed by atoms with Gasteiger partial charge in [-0.05, 0) is 123 Å². The minimum absolute atomic E-state index is 0. The molecule has 0 aliphatic rings. The fourth-order valence-electron chi connectivity index (χ4n) is 4.89. The van der Waals surface area contributed by atoms with E-state index in [2.05, 4.69) is 46.3 Å². The summed E-state index contributed by atoms with van der Waals surface area (Å²) in [7, 11) is -3.74. The quantitative estimate of drug-likeness (QED) is 0.213. The molecule has 0 bridgehead atoms. The third-order valence-corrected chi connectivity index (χ3v) is 9.29. The zero-order valence-corrected chi connectivity index (χ0v) is 27.4. The van der Waals surface area contributed by atoms with Crippen molar-refractivity contribution >= 4 is 10.0 Å². The maximum Gasteiger partial charge on any atom is 0.241 e. The molecule has 3 N–H and O–H groups in total. The first-order valence-electron chi connectivity index (χ1n) is 13.3. The Morgan fingerprint density at radius 2 is 0.925 bits per heavy atom. The summed E-state index contributed by atoms with van der Waals surface area (Å²) in [5.74, 6) is 0. The fraction of sp³-hybridized carbons (Fsp3) is 0.294. The summed E-state index contributed by atoms with van der Waals surface area (Å²) in [6.07, 6.45) is 0. The van der Waals surface area contributed by atoms with Gasteiger partial charge >= 0.3 is 0 Å². The molecule has 0 aliphatic carbocycles.